The van der Waals surface area contributed by atoms with Crippen molar-refractivity contribution in [3.63, 3.8) is 0 Å². The number of aromatic nitrogens is 3. The first-order valence-corrected chi connectivity index (χ1v) is 19.3. The second kappa shape index (κ2) is 14.4. The lowest BCUT2D eigenvalue weighted by Crippen LogP contribution is -2.44. The van der Waals surface area contributed by atoms with Gasteiger partial charge in [0.1, 0.15) is 29.7 Å². The Bertz CT molecular complexity index is 2770. The Balaban J connectivity index is 0.983. The molecule has 0 spiro atoms. The normalized spacial score (nSPS) is 15.7. The SMILES string of the molecule is CCc1c2c(nc3ccc(OCCCn4ccc5cc(N(C(=N)c6cc(C(C)C)c(O)cc6O)C(N)=O)ccc54)cc13)-c1cc3c(c(=O)n1C2)COC(=O)C3(O)CC. The second-order valence-corrected chi connectivity index (χ2v) is 15.1. The number of carbonyl (C=O) groups is 2. The van der Waals surface area contributed by atoms with E-state index in [1.165, 1.54) is 12.1 Å². The van der Waals surface area contributed by atoms with Crippen LogP contribution in [0.2, 0.25) is 0 Å². The van der Waals surface area contributed by atoms with Crippen LogP contribution in [0, 0.1) is 5.41 Å². The van der Waals surface area contributed by atoms with E-state index in [1.807, 2.05) is 50.4 Å². The van der Waals surface area contributed by atoms with Gasteiger partial charge in [-0.1, -0.05) is 27.7 Å². The Morgan fingerprint density at radius 2 is 1.84 bits per heavy atom. The van der Waals surface area contributed by atoms with Gasteiger partial charge in [0.2, 0.25) is 0 Å². The number of phenols is 2. The fourth-order valence-electron chi connectivity index (χ4n) is 8.31. The lowest BCUT2D eigenvalue weighted by atomic mass is 9.86. The van der Waals surface area contributed by atoms with Gasteiger partial charge in [-0.15, -0.1) is 0 Å². The van der Waals surface area contributed by atoms with Crippen LogP contribution in [-0.2, 0) is 41.2 Å². The Kier molecular flexibility index (Phi) is 9.47. The van der Waals surface area contributed by atoms with Gasteiger partial charge in [-0.2, -0.15) is 0 Å². The summed E-state index contributed by atoms with van der Waals surface area (Å²) >= 11 is 0. The van der Waals surface area contributed by atoms with Crippen LogP contribution in [0.5, 0.6) is 17.2 Å². The first kappa shape index (κ1) is 38.2. The number of carbonyl (C=O) groups excluding carboxylic acids is 2. The van der Waals surface area contributed by atoms with E-state index in [4.69, 9.17) is 25.6 Å². The number of amidine groups is 1. The molecule has 2 amide bonds. The Hall–Kier alpha value is -6.67. The van der Waals surface area contributed by atoms with Gasteiger partial charge >= 0.3 is 12.0 Å². The molecule has 0 saturated heterocycles. The molecule has 0 bridgehead atoms. The average Bonchev–Trinajstić information content (AvgIpc) is 3.77. The van der Waals surface area contributed by atoms with Gasteiger partial charge in [-0.25, -0.2) is 19.5 Å². The van der Waals surface area contributed by atoms with Crippen molar-refractivity contribution in [3.8, 4) is 28.6 Å². The molecule has 0 saturated carbocycles. The summed E-state index contributed by atoms with van der Waals surface area (Å²) in [6.07, 6.45) is 3.39. The molecule has 0 radical (unpaired) electrons. The third kappa shape index (κ3) is 6.11. The highest BCUT2D eigenvalue weighted by Crippen LogP contribution is 2.41. The zero-order valence-corrected chi connectivity index (χ0v) is 32.6. The molecule has 5 heterocycles. The number of nitrogens with zero attached hydrogens (tertiary/aromatic N) is 4. The Morgan fingerprint density at radius 3 is 2.57 bits per heavy atom. The number of aryl methyl sites for hydroxylation is 2. The topological polar surface area (TPSA) is 206 Å². The fourth-order valence-corrected chi connectivity index (χ4v) is 8.31. The number of primary amides is 1. The Morgan fingerprint density at radius 1 is 1.05 bits per heavy atom. The summed E-state index contributed by atoms with van der Waals surface area (Å²) in [7, 11) is 0. The molecule has 14 heteroatoms. The molecule has 3 aromatic carbocycles. The summed E-state index contributed by atoms with van der Waals surface area (Å²) < 4.78 is 15.2. The number of pyridine rings is 2. The van der Waals surface area contributed by atoms with Crippen LogP contribution in [0.4, 0.5) is 10.5 Å². The van der Waals surface area contributed by atoms with Crippen molar-refractivity contribution in [2.24, 2.45) is 5.73 Å². The highest BCUT2D eigenvalue weighted by molar-refractivity contribution is 6.22. The van der Waals surface area contributed by atoms with Crippen LogP contribution >= 0.6 is 0 Å². The van der Waals surface area contributed by atoms with Crippen molar-refractivity contribution in [3.05, 3.63) is 111 Å². The number of phenolic OH excluding ortho intramolecular Hbond substituents is 2. The number of urea groups is 1. The summed E-state index contributed by atoms with van der Waals surface area (Å²) in [6, 6.07) is 16.5. The monoisotopic (exact) mass is 784 g/mol. The summed E-state index contributed by atoms with van der Waals surface area (Å²) in [5.41, 5.74) is 9.97. The first-order chi connectivity index (χ1) is 27.7. The quantitative estimate of drug-likeness (QED) is 0.0443. The van der Waals surface area contributed by atoms with E-state index < -0.39 is 17.6 Å². The number of ether oxygens (including phenoxy) is 2. The molecule has 6 aromatic rings. The van der Waals surface area contributed by atoms with E-state index in [2.05, 4.69) is 11.5 Å². The van der Waals surface area contributed by atoms with Crippen molar-refractivity contribution in [2.75, 3.05) is 11.5 Å². The van der Waals surface area contributed by atoms with Crippen LogP contribution in [0.25, 0.3) is 33.2 Å². The van der Waals surface area contributed by atoms with Gasteiger partial charge in [0.15, 0.2) is 5.60 Å². The number of nitrogens with two attached hydrogens (primary N) is 1. The molecule has 8 rings (SSSR count). The summed E-state index contributed by atoms with van der Waals surface area (Å²) in [5, 5.41) is 42.7. The molecular formula is C44H44N6O8. The highest BCUT2D eigenvalue weighted by atomic mass is 16.6. The van der Waals surface area contributed by atoms with Crippen LogP contribution in [0.15, 0.2) is 71.7 Å². The van der Waals surface area contributed by atoms with Crippen molar-refractivity contribution in [1.82, 2.24) is 14.1 Å². The molecule has 1 atom stereocenters. The van der Waals surface area contributed by atoms with Crippen LogP contribution < -0.4 is 20.9 Å². The lowest BCUT2D eigenvalue weighted by Gasteiger charge is -2.31. The number of hydrogen-bond donors (Lipinski definition) is 5. The van der Waals surface area contributed by atoms with Crippen LogP contribution in [0.1, 0.15) is 79.8 Å². The minimum absolute atomic E-state index is 0.0675. The van der Waals surface area contributed by atoms with E-state index in [0.717, 1.165) is 37.8 Å². The smallest absolute Gasteiger partial charge is 0.343 e. The number of nitrogens with one attached hydrogen (secondary N) is 1. The minimum Gasteiger partial charge on any atom is -0.508 e. The molecule has 2 aliphatic heterocycles. The number of aromatic hydroxyl groups is 2. The Labute approximate surface area is 333 Å². The second-order valence-electron chi connectivity index (χ2n) is 15.1. The lowest BCUT2D eigenvalue weighted by molar-refractivity contribution is -0.172. The molecule has 2 aliphatic rings. The third-order valence-electron chi connectivity index (χ3n) is 11.4. The molecule has 14 nitrogen and oxygen atoms in total. The van der Waals surface area contributed by atoms with E-state index in [1.54, 1.807) is 29.7 Å². The maximum atomic E-state index is 13.7. The number of esters is 1. The van der Waals surface area contributed by atoms with Gasteiger partial charge in [-0.3, -0.25) is 10.2 Å². The highest BCUT2D eigenvalue weighted by Gasteiger charge is 2.45. The van der Waals surface area contributed by atoms with E-state index in [9.17, 15) is 29.7 Å². The molecule has 3 aromatic heterocycles. The zero-order valence-electron chi connectivity index (χ0n) is 32.6. The number of anilines is 1. The van der Waals surface area contributed by atoms with Gasteiger partial charge in [0.05, 0.1) is 46.9 Å². The number of benzene rings is 3. The van der Waals surface area contributed by atoms with Gasteiger partial charge in [-0.05, 0) is 90.9 Å². The summed E-state index contributed by atoms with van der Waals surface area (Å²) in [4.78, 5) is 44.9. The summed E-state index contributed by atoms with van der Waals surface area (Å²) in [5.74, 6) is -0.909. The average molecular weight is 785 g/mol. The van der Waals surface area contributed by atoms with E-state index in [0.29, 0.717) is 60.9 Å². The van der Waals surface area contributed by atoms with Crippen molar-refractivity contribution in [2.45, 2.75) is 78.2 Å². The number of fused-ring (bicyclic) bond motifs is 6. The number of aliphatic hydroxyl groups is 1. The maximum absolute atomic E-state index is 13.7. The van der Waals surface area contributed by atoms with Gasteiger partial charge in [0, 0.05) is 46.2 Å². The molecule has 298 valence electrons. The largest absolute Gasteiger partial charge is 0.508 e. The molecule has 58 heavy (non-hydrogen) atoms. The first-order valence-electron chi connectivity index (χ1n) is 19.3. The number of cyclic esters (lactones) is 1. The van der Waals surface area contributed by atoms with Crippen molar-refractivity contribution >= 4 is 45.3 Å². The van der Waals surface area contributed by atoms with Crippen LogP contribution in [0.3, 0.4) is 0 Å². The predicted molar refractivity (Wildman–Crippen MR) is 219 cm³/mol. The van der Waals surface area contributed by atoms with Crippen molar-refractivity contribution < 1.29 is 34.4 Å². The predicted octanol–water partition coefficient (Wildman–Crippen LogP) is 6.51. The van der Waals surface area contributed by atoms with E-state index >= 15 is 0 Å². The minimum atomic E-state index is -1.89. The maximum Gasteiger partial charge on any atom is 0.343 e. The summed E-state index contributed by atoms with van der Waals surface area (Å²) in [6.45, 7) is 8.70. The molecule has 0 fully saturated rings. The standard InChI is InChI=1S/C44H44N6O8/c1-5-27-29-17-26(9-10-34(29)47-39-31(27)21-49-36(39)19-33-32(41(49)53)22-58-42(54)44(33,56)6-2)57-15-7-13-48-14-12-24-16-25(8-11-35(24)48)50(43(46)55)40(45)30-18-28(23(3)4)37(51)20-38(30)52/h8-12,14,16-20,23,45,51-52,56H,5-7,13,15,21-22H2,1-4H3,(H2,46,55). The number of amides is 2. The molecule has 0 aliphatic carbocycles. The number of hydrogen-bond acceptors (Lipinski definition) is 10. The fraction of sp³-hybridized carbons (Fsp3) is 0.295. The van der Waals surface area contributed by atoms with Gasteiger partial charge in [0.25, 0.3) is 5.56 Å². The van der Waals surface area contributed by atoms with E-state index in [-0.39, 0.29) is 58.5 Å². The zero-order chi connectivity index (χ0) is 41.2. The van der Waals surface area contributed by atoms with Crippen LogP contribution in [-0.4, -0.2) is 53.9 Å². The molecule has 6 N–H and O–H groups in total. The van der Waals surface area contributed by atoms with Gasteiger partial charge < -0.3 is 39.7 Å². The third-order valence-corrected chi connectivity index (χ3v) is 11.4. The molecule has 1 unspecified atom stereocenters. The molecular weight excluding hydrogens is 741 g/mol. The number of rotatable bonds is 10. The van der Waals surface area contributed by atoms with Crippen molar-refractivity contribution in [1.29, 1.82) is 5.41 Å².